The second-order valence-electron chi connectivity index (χ2n) is 8.35. The molecule has 1 aromatic carbocycles. The SMILES string of the molecule is CCn1c(=C(C#N)C(=O)NCC(F)F)sc(=CNc2cccc(CCN3CCC(F)(F)CC3)c2)c1=O. The van der Waals surface area contributed by atoms with E-state index >= 15 is 0 Å². The van der Waals surface area contributed by atoms with E-state index in [9.17, 15) is 32.4 Å². The number of nitrogens with one attached hydrogen (secondary N) is 2. The lowest BCUT2D eigenvalue weighted by molar-refractivity contribution is -0.116. The largest absolute Gasteiger partial charge is 0.360 e. The van der Waals surface area contributed by atoms with Crippen molar-refractivity contribution in [1.29, 1.82) is 5.26 Å². The van der Waals surface area contributed by atoms with E-state index in [0.717, 1.165) is 16.9 Å². The summed E-state index contributed by atoms with van der Waals surface area (Å²) < 4.78 is 53.1. The van der Waals surface area contributed by atoms with Crippen LogP contribution in [0.3, 0.4) is 0 Å². The van der Waals surface area contributed by atoms with E-state index in [1.165, 1.54) is 10.8 Å². The third-order valence-electron chi connectivity index (χ3n) is 5.79. The number of halogens is 4. The smallest absolute Gasteiger partial charge is 0.270 e. The molecule has 12 heteroatoms. The number of amides is 1. The fraction of sp³-hybridized carbons (Fsp3) is 0.458. The molecule has 7 nitrogen and oxygen atoms in total. The van der Waals surface area contributed by atoms with Crippen LogP contribution in [0.25, 0.3) is 11.8 Å². The zero-order valence-corrected chi connectivity index (χ0v) is 20.5. The zero-order valence-electron chi connectivity index (χ0n) is 19.7. The van der Waals surface area contributed by atoms with Crippen molar-refractivity contribution in [1.82, 2.24) is 14.8 Å². The summed E-state index contributed by atoms with van der Waals surface area (Å²) >= 11 is 0.915. The van der Waals surface area contributed by atoms with Gasteiger partial charge >= 0.3 is 0 Å². The fourth-order valence-corrected chi connectivity index (χ4v) is 4.89. The van der Waals surface area contributed by atoms with E-state index in [0.29, 0.717) is 31.7 Å². The number of piperidine rings is 1. The Morgan fingerprint density at radius 1 is 1.31 bits per heavy atom. The molecule has 0 radical (unpaired) electrons. The van der Waals surface area contributed by atoms with Crippen molar-refractivity contribution in [3.63, 3.8) is 0 Å². The fourth-order valence-electron chi connectivity index (χ4n) is 3.80. The first-order valence-corrected chi connectivity index (χ1v) is 12.3. The van der Waals surface area contributed by atoms with E-state index in [-0.39, 0.29) is 28.6 Å². The highest BCUT2D eigenvalue weighted by atomic mass is 32.1. The van der Waals surface area contributed by atoms with E-state index in [2.05, 4.69) is 5.32 Å². The van der Waals surface area contributed by atoms with Gasteiger partial charge in [0.05, 0.1) is 6.54 Å². The maximum Gasteiger partial charge on any atom is 0.270 e. The number of anilines is 1. The Kier molecular flexibility index (Phi) is 9.28. The highest BCUT2D eigenvalue weighted by Gasteiger charge is 2.33. The van der Waals surface area contributed by atoms with Crippen LogP contribution in [0.4, 0.5) is 23.2 Å². The van der Waals surface area contributed by atoms with Gasteiger partial charge in [0.2, 0.25) is 0 Å². The highest BCUT2D eigenvalue weighted by Crippen LogP contribution is 2.27. The number of hydrogen-bond acceptors (Lipinski definition) is 6. The lowest BCUT2D eigenvalue weighted by Gasteiger charge is -2.31. The number of nitriles is 1. The number of thiazole rings is 1. The summed E-state index contributed by atoms with van der Waals surface area (Å²) in [6.07, 6.45) is -0.859. The van der Waals surface area contributed by atoms with Gasteiger partial charge in [0, 0.05) is 50.9 Å². The van der Waals surface area contributed by atoms with Crippen LogP contribution in [0.1, 0.15) is 25.3 Å². The van der Waals surface area contributed by atoms with Crippen molar-refractivity contribution < 1.29 is 22.4 Å². The lowest BCUT2D eigenvalue weighted by atomic mass is 10.1. The van der Waals surface area contributed by atoms with Crippen LogP contribution in [0.15, 0.2) is 29.1 Å². The summed E-state index contributed by atoms with van der Waals surface area (Å²) in [5, 5.41) is 14.5. The molecule has 1 aliphatic heterocycles. The number of rotatable bonds is 9. The molecule has 2 N–H and O–H groups in total. The number of hydrogen-bond donors (Lipinski definition) is 2. The summed E-state index contributed by atoms with van der Waals surface area (Å²) in [4.78, 5) is 27.0. The quantitative estimate of drug-likeness (QED) is 0.490. The summed E-state index contributed by atoms with van der Waals surface area (Å²) in [6, 6.07) is 9.19. The molecule has 3 rings (SSSR count). The number of benzene rings is 1. The molecule has 36 heavy (non-hydrogen) atoms. The van der Waals surface area contributed by atoms with Gasteiger partial charge in [-0.1, -0.05) is 12.1 Å². The van der Waals surface area contributed by atoms with Gasteiger partial charge in [0.15, 0.2) is 5.57 Å². The number of likely N-dealkylation sites (tertiary alicyclic amines) is 1. The average Bonchev–Trinajstić information content (AvgIpc) is 3.16. The molecule has 0 atom stereocenters. The average molecular weight is 526 g/mol. The van der Waals surface area contributed by atoms with Crippen LogP contribution >= 0.6 is 11.3 Å². The van der Waals surface area contributed by atoms with Crippen LogP contribution in [0.2, 0.25) is 0 Å². The highest BCUT2D eigenvalue weighted by molar-refractivity contribution is 7.07. The molecule has 0 bridgehead atoms. The monoisotopic (exact) mass is 525 g/mol. The van der Waals surface area contributed by atoms with Crippen LogP contribution in [0.5, 0.6) is 0 Å². The minimum absolute atomic E-state index is 0.0886. The molecule has 1 saturated heterocycles. The Bertz CT molecular complexity index is 1290. The third kappa shape index (κ3) is 7.18. The normalized spacial score (nSPS) is 17.1. The van der Waals surface area contributed by atoms with Crippen molar-refractivity contribution in [2.24, 2.45) is 0 Å². The molecule has 1 fully saturated rings. The molecule has 0 unspecified atom stereocenters. The number of carbonyl (C=O) groups is 1. The Balaban J connectivity index is 1.77. The molecular formula is C24H27F4N5O2S. The van der Waals surface area contributed by atoms with Gasteiger partial charge in [-0.15, -0.1) is 11.3 Å². The van der Waals surface area contributed by atoms with Crippen molar-refractivity contribution in [3.05, 3.63) is 49.4 Å². The van der Waals surface area contributed by atoms with Gasteiger partial charge in [-0.25, -0.2) is 17.6 Å². The second kappa shape index (κ2) is 12.2. The van der Waals surface area contributed by atoms with E-state index in [1.807, 2.05) is 28.4 Å². The molecular weight excluding hydrogens is 498 g/mol. The van der Waals surface area contributed by atoms with Crippen molar-refractivity contribution in [2.75, 3.05) is 31.5 Å². The summed E-state index contributed by atoms with van der Waals surface area (Å²) in [5.74, 6) is -3.54. The molecule has 1 aliphatic rings. The zero-order chi connectivity index (χ0) is 26.3. The standard InChI is InChI=1S/C24H27F4N5O2S/c1-2-33-22(35)19(36-23(33)18(13-29)21(34)31-15-20(25)26)14-30-17-5-3-4-16(12-17)6-9-32-10-7-24(27,28)8-11-32/h3-5,12,14,20,30H,2,6-11,15H2,1H3,(H,31,34). The van der Waals surface area contributed by atoms with Gasteiger partial charge in [0.25, 0.3) is 23.8 Å². The summed E-state index contributed by atoms with van der Waals surface area (Å²) in [5.41, 5.74) is 0.878. The topological polar surface area (TPSA) is 90.2 Å². The van der Waals surface area contributed by atoms with Crippen LogP contribution in [-0.2, 0) is 17.8 Å². The molecule has 194 valence electrons. The predicted octanol–water partition coefficient (Wildman–Crippen LogP) is 2.11. The van der Waals surface area contributed by atoms with Crippen molar-refractivity contribution in [2.45, 2.75) is 45.1 Å². The minimum Gasteiger partial charge on any atom is -0.360 e. The first-order valence-electron chi connectivity index (χ1n) is 11.5. The maximum atomic E-state index is 13.3. The summed E-state index contributed by atoms with van der Waals surface area (Å²) in [6.45, 7) is 2.36. The van der Waals surface area contributed by atoms with Gasteiger partial charge in [-0.2, -0.15) is 5.26 Å². The molecule has 0 spiro atoms. The molecule has 2 aromatic rings. The maximum absolute atomic E-state index is 13.3. The Hall–Kier alpha value is -3.17. The number of carbonyl (C=O) groups excluding carboxylic acids is 1. The molecule has 1 amide bonds. The van der Waals surface area contributed by atoms with Crippen molar-refractivity contribution >= 4 is 34.7 Å². The van der Waals surface area contributed by atoms with E-state index < -0.39 is 35.9 Å². The van der Waals surface area contributed by atoms with E-state index in [4.69, 9.17) is 0 Å². The number of alkyl halides is 4. The number of nitrogens with zero attached hydrogens (tertiary/aromatic N) is 3. The lowest BCUT2D eigenvalue weighted by Crippen LogP contribution is -2.40. The molecule has 2 heterocycles. The molecule has 1 aromatic heterocycles. The minimum atomic E-state index is -2.76. The van der Waals surface area contributed by atoms with Gasteiger partial charge in [-0.05, 0) is 31.0 Å². The predicted molar refractivity (Wildman–Crippen MR) is 130 cm³/mol. The Labute approximate surface area is 209 Å². The summed E-state index contributed by atoms with van der Waals surface area (Å²) in [7, 11) is 0. The van der Waals surface area contributed by atoms with Crippen LogP contribution in [0, 0.1) is 11.3 Å². The van der Waals surface area contributed by atoms with Crippen LogP contribution < -0.4 is 25.4 Å². The Morgan fingerprint density at radius 2 is 2.03 bits per heavy atom. The van der Waals surface area contributed by atoms with Gasteiger partial charge < -0.3 is 15.5 Å². The molecule has 0 aliphatic carbocycles. The van der Waals surface area contributed by atoms with Crippen molar-refractivity contribution in [3.8, 4) is 6.07 Å². The molecule has 0 saturated carbocycles. The Morgan fingerprint density at radius 3 is 2.67 bits per heavy atom. The van der Waals surface area contributed by atoms with Gasteiger partial charge in [-0.3, -0.25) is 14.2 Å². The van der Waals surface area contributed by atoms with E-state index in [1.54, 1.807) is 19.1 Å². The first-order chi connectivity index (χ1) is 17.1. The van der Waals surface area contributed by atoms with Gasteiger partial charge in [0.1, 0.15) is 15.3 Å². The number of aromatic nitrogens is 1. The third-order valence-corrected chi connectivity index (χ3v) is 6.93. The second-order valence-corrected chi connectivity index (χ2v) is 9.38. The first kappa shape index (κ1) is 27.4. The van der Waals surface area contributed by atoms with Crippen LogP contribution in [-0.4, -0.2) is 53.9 Å².